The number of carbonyl (C=O) groups excluding carboxylic acids is 1. The highest BCUT2D eigenvalue weighted by atomic mass is 16.8. The lowest BCUT2D eigenvalue weighted by Crippen LogP contribution is -2.32. The van der Waals surface area contributed by atoms with Crippen molar-refractivity contribution < 1.29 is 14.4 Å². The van der Waals surface area contributed by atoms with E-state index in [1.807, 2.05) is 0 Å². The van der Waals surface area contributed by atoms with Gasteiger partial charge in [-0.1, -0.05) is 0 Å². The van der Waals surface area contributed by atoms with Gasteiger partial charge in [-0.25, -0.2) is 10.3 Å². The SMILES string of the molecule is Cn1cc(C(=O)NO[C@@H]2CCCCO2)cn1. The van der Waals surface area contributed by atoms with Gasteiger partial charge in [-0.05, 0) is 12.8 Å². The third-order valence-electron chi connectivity index (χ3n) is 2.39. The summed E-state index contributed by atoms with van der Waals surface area (Å²) < 4.78 is 6.87. The molecule has 0 unspecified atom stereocenters. The van der Waals surface area contributed by atoms with Crippen molar-refractivity contribution in [2.75, 3.05) is 6.61 Å². The number of nitrogens with one attached hydrogen (secondary N) is 1. The molecule has 1 aromatic rings. The third kappa shape index (κ3) is 2.80. The van der Waals surface area contributed by atoms with Crippen LogP contribution in [0.2, 0.25) is 0 Å². The van der Waals surface area contributed by atoms with Crippen LogP contribution in [0.25, 0.3) is 0 Å². The number of nitrogens with zero attached hydrogens (tertiary/aromatic N) is 2. The number of aryl methyl sites for hydroxylation is 1. The Kier molecular flexibility index (Phi) is 3.53. The number of hydrogen-bond donors (Lipinski definition) is 1. The zero-order chi connectivity index (χ0) is 11.4. The highest BCUT2D eigenvalue weighted by Crippen LogP contribution is 2.12. The van der Waals surface area contributed by atoms with Crippen LogP contribution >= 0.6 is 0 Å². The Hall–Kier alpha value is -1.40. The van der Waals surface area contributed by atoms with Crippen LogP contribution in [0.5, 0.6) is 0 Å². The first-order valence-electron chi connectivity index (χ1n) is 5.32. The quantitative estimate of drug-likeness (QED) is 0.765. The molecule has 1 atom stereocenters. The third-order valence-corrected chi connectivity index (χ3v) is 2.39. The summed E-state index contributed by atoms with van der Waals surface area (Å²) in [6.45, 7) is 0.688. The molecule has 0 aromatic carbocycles. The Morgan fingerprint density at radius 1 is 1.69 bits per heavy atom. The minimum atomic E-state index is -0.325. The van der Waals surface area contributed by atoms with Crippen molar-refractivity contribution in [1.82, 2.24) is 15.3 Å². The lowest BCUT2D eigenvalue weighted by Gasteiger charge is -2.21. The van der Waals surface area contributed by atoms with Gasteiger partial charge in [0.25, 0.3) is 5.91 Å². The fourth-order valence-corrected chi connectivity index (χ4v) is 1.52. The first-order valence-corrected chi connectivity index (χ1v) is 5.32. The highest BCUT2D eigenvalue weighted by molar-refractivity contribution is 5.92. The molecule has 88 valence electrons. The Bertz CT molecular complexity index is 358. The number of hydroxylamine groups is 1. The van der Waals surface area contributed by atoms with Crippen LogP contribution in [0.3, 0.4) is 0 Å². The van der Waals surface area contributed by atoms with Crippen molar-refractivity contribution in [3.63, 3.8) is 0 Å². The molecule has 1 amide bonds. The molecule has 6 nitrogen and oxygen atoms in total. The topological polar surface area (TPSA) is 65.4 Å². The number of carbonyl (C=O) groups is 1. The maximum Gasteiger partial charge on any atom is 0.278 e. The summed E-state index contributed by atoms with van der Waals surface area (Å²) in [6, 6.07) is 0. The van der Waals surface area contributed by atoms with E-state index in [9.17, 15) is 4.79 Å². The second kappa shape index (κ2) is 5.09. The summed E-state index contributed by atoms with van der Waals surface area (Å²) >= 11 is 0. The van der Waals surface area contributed by atoms with Crippen molar-refractivity contribution in [1.29, 1.82) is 0 Å². The van der Waals surface area contributed by atoms with Gasteiger partial charge in [0.05, 0.1) is 11.8 Å². The molecule has 1 fully saturated rings. The van der Waals surface area contributed by atoms with Crippen LogP contribution in [-0.4, -0.2) is 28.6 Å². The van der Waals surface area contributed by atoms with Crippen LogP contribution in [-0.2, 0) is 16.6 Å². The van der Waals surface area contributed by atoms with Gasteiger partial charge in [-0.15, -0.1) is 0 Å². The number of aromatic nitrogens is 2. The van der Waals surface area contributed by atoms with Crippen molar-refractivity contribution in [3.8, 4) is 0 Å². The molecule has 0 radical (unpaired) electrons. The van der Waals surface area contributed by atoms with Crippen LogP contribution in [0.4, 0.5) is 0 Å². The van der Waals surface area contributed by atoms with E-state index in [0.29, 0.717) is 12.2 Å². The summed E-state index contributed by atoms with van der Waals surface area (Å²) in [6.07, 6.45) is 5.72. The Balaban J connectivity index is 1.79. The second-order valence-electron chi connectivity index (χ2n) is 3.75. The van der Waals surface area contributed by atoms with Gasteiger partial charge in [-0.3, -0.25) is 9.48 Å². The maximum atomic E-state index is 11.6. The van der Waals surface area contributed by atoms with Gasteiger partial charge in [-0.2, -0.15) is 5.10 Å². The summed E-state index contributed by atoms with van der Waals surface area (Å²) in [4.78, 5) is 16.7. The smallest absolute Gasteiger partial charge is 0.278 e. The van der Waals surface area contributed by atoms with Crippen LogP contribution in [0, 0.1) is 0 Å². The minimum absolute atomic E-state index is 0.303. The molecule has 2 heterocycles. The summed E-state index contributed by atoms with van der Waals surface area (Å²) in [5.41, 5.74) is 2.84. The molecule has 1 saturated heterocycles. The molecular weight excluding hydrogens is 210 g/mol. The lowest BCUT2D eigenvalue weighted by atomic mass is 10.2. The monoisotopic (exact) mass is 225 g/mol. The largest absolute Gasteiger partial charge is 0.350 e. The van der Waals surface area contributed by atoms with Gasteiger partial charge in [0.2, 0.25) is 0 Å². The van der Waals surface area contributed by atoms with Crippen molar-refractivity contribution in [2.45, 2.75) is 25.6 Å². The molecule has 0 spiro atoms. The number of hydrogen-bond acceptors (Lipinski definition) is 4. The first-order chi connectivity index (χ1) is 7.75. The molecule has 1 aromatic heterocycles. The van der Waals surface area contributed by atoms with Gasteiger partial charge in [0, 0.05) is 26.3 Å². The molecule has 6 heteroatoms. The average molecular weight is 225 g/mol. The van der Waals surface area contributed by atoms with Gasteiger partial charge in [0.1, 0.15) is 0 Å². The van der Waals surface area contributed by atoms with Crippen LogP contribution in [0.1, 0.15) is 29.6 Å². The number of rotatable bonds is 3. The summed E-state index contributed by atoms with van der Waals surface area (Å²) in [5.74, 6) is -0.303. The lowest BCUT2D eigenvalue weighted by molar-refractivity contribution is -0.186. The van der Waals surface area contributed by atoms with E-state index in [-0.39, 0.29) is 12.2 Å². The Labute approximate surface area is 93.5 Å². The van der Waals surface area contributed by atoms with E-state index in [1.165, 1.54) is 6.20 Å². The molecule has 2 rings (SSSR count). The predicted molar refractivity (Wildman–Crippen MR) is 55.4 cm³/mol. The maximum absolute atomic E-state index is 11.6. The number of amides is 1. The zero-order valence-corrected chi connectivity index (χ0v) is 9.18. The van der Waals surface area contributed by atoms with Crippen molar-refractivity contribution >= 4 is 5.91 Å². The highest BCUT2D eigenvalue weighted by Gasteiger charge is 2.16. The minimum Gasteiger partial charge on any atom is -0.350 e. The summed E-state index contributed by atoms with van der Waals surface area (Å²) in [7, 11) is 1.75. The van der Waals surface area contributed by atoms with Gasteiger partial charge >= 0.3 is 0 Å². The molecular formula is C10H15N3O3. The van der Waals surface area contributed by atoms with E-state index >= 15 is 0 Å². The van der Waals surface area contributed by atoms with Gasteiger partial charge < -0.3 is 4.74 Å². The molecule has 1 aliphatic rings. The molecule has 16 heavy (non-hydrogen) atoms. The molecule has 0 bridgehead atoms. The van der Waals surface area contributed by atoms with Crippen molar-refractivity contribution in [2.24, 2.45) is 7.05 Å². The van der Waals surface area contributed by atoms with Crippen LogP contribution < -0.4 is 5.48 Å². The number of ether oxygens (including phenoxy) is 1. The van der Waals surface area contributed by atoms with E-state index in [0.717, 1.165) is 19.3 Å². The Morgan fingerprint density at radius 2 is 2.56 bits per heavy atom. The summed E-state index contributed by atoms with van der Waals surface area (Å²) in [5, 5.41) is 3.90. The molecule has 0 aliphatic carbocycles. The van der Waals surface area contributed by atoms with Gasteiger partial charge in [0.15, 0.2) is 6.29 Å². The predicted octanol–water partition coefficient (Wildman–Crippen LogP) is 0.608. The molecule has 1 aliphatic heterocycles. The molecule has 1 N–H and O–H groups in total. The fourth-order valence-electron chi connectivity index (χ4n) is 1.52. The fraction of sp³-hybridized carbons (Fsp3) is 0.600. The average Bonchev–Trinajstić information content (AvgIpc) is 2.74. The van der Waals surface area contributed by atoms with E-state index in [2.05, 4.69) is 10.6 Å². The Morgan fingerprint density at radius 3 is 3.19 bits per heavy atom. The van der Waals surface area contributed by atoms with Crippen molar-refractivity contribution in [3.05, 3.63) is 18.0 Å². The van der Waals surface area contributed by atoms with E-state index in [1.54, 1.807) is 17.9 Å². The second-order valence-corrected chi connectivity index (χ2v) is 3.75. The van der Waals surface area contributed by atoms with E-state index < -0.39 is 0 Å². The van der Waals surface area contributed by atoms with E-state index in [4.69, 9.17) is 9.57 Å². The molecule has 0 saturated carbocycles. The zero-order valence-electron chi connectivity index (χ0n) is 9.18. The first kappa shape index (κ1) is 11.1. The normalized spacial score (nSPS) is 20.7. The van der Waals surface area contributed by atoms with Crippen LogP contribution in [0.15, 0.2) is 12.4 Å². The standard InChI is InChI=1S/C10H15N3O3/c1-13-7-8(6-11-13)10(14)12-16-9-4-2-3-5-15-9/h6-7,9H,2-5H2,1H3,(H,12,14)/t9-/m1/s1.